The molecule has 2 aliphatic rings. The van der Waals surface area contributed by atoms with Gasteiger partial charge in [-0.05, 0) is 49.4 Å². The summed E-state index contributed by atoms with van der Waals surface area (Å²) in [5.41, 5.74) is 0.0670. The fraction of sp³-hybridized carbons (Fsp3) is 0.900. The Kier molecular flexibility index (Phi) is 6.33. The Bertz CT molecular complexity index is 445. The monoisotopic (exact) mass is 336 g/mol. The summed E-state index contributed by atoms with van der Waals surface area (Å²) in [6.07, 6.45) is 7.48. The second kappa shape index (κ2) is 7.88. The first kappa shape index (κ1) is 19.3. The maximum Gasteiger partial charge on any atom is 0.225 e. The van der Waals surface area contributed by atoms with Crippen molar-refractivity contribution in [3.05, 3.63) is 0 Å². The fourth-order valence-electron chi connectivity index (χ4n) is 4.39. The van der Waals surface area contributed by atoms with Crippen molar-refractivity contribution < 1.29 is 9.59 Å². The van der Waals surface area contributed by atoms with Gasteiger partial charge in [0, 0.05) is 39.5 Å². The first-order valence-corrected chi connectivity index (χ1v) is 9.66. The summed E-state index contributed by atoms with van der Waals surface area (Å²) in [4.78, 5) is 28.5. The van der Waals surface area contributed by atoms with Crippen LogP contribution in [0.3, 0.4) is 0 Å². The van der Waals surface area contributed by atoms with E-state index in [4.69, 9.17) is 0 Å². The lowest BCUT2D eigenvalue weighted by atomic mass is 9.81. The van der Waals surface area contributed by atoms with Crippen molar-refractivity contribution in [2.75, 3.05) is 27.2 Å². The lowest BCUT2D eigenvalue weighted by Crippen LogP contribution is -2.40. The highest BCUT2D eigenvalue weighted by Crippen LogP contribution is 2.39. The van der Waals surface area contributed by atoms with Gasteiger partial charge in [-0.2, -0.15) is 0 Å². The normalized spacial score (nSPS) is 25.8. The van der Waals surface area contributed by atoms with Crippen LogP contribution in [-0.4, -0.2) is 48.8 Å². The third-order valence-corrected chi connectivity index (χ3v) is 5.70. The maximum absolute atomic E-state index is 12.4. The average Bonchev–Trinajstić information content (AvgIpc) is 2.93. The quantitative estimate of drug-likeness (QED) is 0.787. The Morgan fingerprint density at radius 1 is 1.04 bits per heavy atom. The van der Waals surface area contributed by atoms with Gasteiger partial charge in [0.15, 0.2) is 0 Å². The molecule has 4 nitrogen and oxygen atoms in total. The summed E-state index contributed by atoms with van der Waals surface area (Å²) in [5, 5.41) is 0. The minimum Gasteiger partial charge on any atom is -0.349 e. The smallest absolute Gasteiger partial charge is 0.225 e. The molecule has 1 aliphatic carbocycles. The van der Waals surface area contributed by atoms with Gasteiger partial charge in [0.2, 0.25) is 11.8 Å². The second-order valence-corrected chi connectivity index (χ2v) is 9.33. The Labute approximate surface area is 148 Å². The van der Waals surface area contributed by atoms with Gasteiger partial charge in [-0.15, -0.1) is 0 Å². The lowest BCUT2D eigenvalue weighted by molar-refractivity contribution is -0.134. The number of nitrogens with zero attached hydrogens (tertiary/aromatic N) is 2. The van der Waals surface area contributed by atoms with Crippen LogP contribution < -0.4 is 0 Å². The van der Waals surface area contributed by atoms with Crippen molar-refractivity contribution in [3.8, 4) is 0 Å². The van der Waals surface area contributed by atoms with E-state index in [0.717, 1.165) is 32.4 Å². The Morgan fingerprint density at radius 3 is 2.21 bits per heavy atom. The summed E-state index contributed by atoms with van der Waals surface area (Å²) >= 11 is 0. The highest BCUT2D eigenvalue weighted by Gasteiger charge is 2.36. The molecule has 0 aromatic carbocycles. The van der Waals surface area contributed by atoms with Crippen LogP contribution in [0.25, 0.3) is 0 Å². The molecule has 0 N–H and O–H groups in total. The zero-order valence-corrected chi connectivity index (χ0v) is 16.3. The van der Waals surface area contributed by atoms with E-state index in [1.54, 1.807) is 4.90 Å². The number of rotatable bonds is 4. The zero-order chi connectivity index (χ0) is 17.9. The summed E-state index contributed by atoms with van der Waals surface area (Å²) < 4.78 is 0. The molecule has 0 aromatic heterocycles. The van der Waals surface area contributed by atoms with Crippen LogP contribution in [0, 0.1) is 23.2 Å². The van der Waals surface area contributed by atoms with Gasteiger partial charge >= 0.3 is 0 Å². The van der Waals surface area contributed by atoms with Crippen molar-refractivity contribution in [2.45, 2.75) is 65.7 Å². The number of hydrogen-bond donors (Lipinski definition) is 0. The highest BCUT2D eigenvalue weighted by molar-refractivity contribution is 5.79. The standard InChI is InChI=1S/C20H36N2O2/c1-20(2,3)14-18(23)22-11-9-15(10-12-22)13-16-7-6-8-17(16)19(24)21(4)5/h15-17H,6-14H2,1-5H3/t16?,17-/m1/s1. The van der Waals surface area contributed by atoms with Crippen LogP contribution in [0.2, 0.25) is 0 Å². The van der Waals surface area contributed by atoms with Gasteiger partial charge in [0.05, 0.1) is 0 Å². The second-order valence-electron chi connectivity index (χ2n) is 9.33. The minimum absolute atomic E-state index is 0.0670. The number of likely N-dealkylation sites (tertiary alicyclic amines) is 1. The number of carbonyl (C=O) groups excluding carboxylic acids is 2. The molecule has 2 rings (SSSR count). The molecule has 2 fully saturated rings. The molecule has 0 bridgehead atoms. The molecule has 0 radical (unpaired) electrons. The van der Waals surface area contributed by atoms with E-state index in [-0.39, 0.29) is 11.3 Å². The molecule has 2 atom stereocenters. The summed E-state index contributed by atoms with van der Waals surface area (Å²) in [6, 6.07) is 0. The molecule has 1 saturated carbocycles. The van der Waals surface area contributed by atoms with Crippen molar-refractivity contribution in [3.63, 3.8) is 0 Å². The Hall–Kier alpha value is -1.06. The van der Waals surface area contributed by atoms with Gasteiger partial charge in [-0.1, -0.05) is 27.2 Å². The zero-order valence-electron chi connectivity index (χ0n) is 16.3. The first-order chi connectivity index (χ1) is 11.2. The summed E-state index contributed by atoms with van der Waals surface area (Å²) in [7, 11) is 3.74. The number of hydrogen-bond acceptors (Lipinski definition) is 2. The van der Waals surface area contributed by atoms with Crippen molar-refractivity contribution in [1.82, 2.24) is 9.80 Å². The van der Waals surface area contributed by atoms with E-state index in [1.165, 1.54) is 19.3 Å². The van der Waals surface area contributed by atoms with Gasteiger partial charge < -0.3 is 9.80 Å². The van der Waals surface area contributed by atoms with E-state index in [9.17, 15) is 9.59 Å². The Balaban J connectivity index is 1.80. The summed E-state index contributed by atoms with van der Waals surface area (Å²) in [5.74, 6) is 2.10. The molecule has 24 heavy (non-hydrogen) atoms. The van der Waals surface area contributed by atoms with Crippen LogP contribution in [-0.2, 0) is 9.59 Å². The predicted octanol–water partition coefficient (Wildman–Crippen LogP) is 3.56. The Morgan fingerprint density at radius 2 is 1.67 bits per heavy atom. The van der Waals surface area contributed by atoms with E-state index in [2.05, 4.69) is 25.7 Å². The molecule has 0 aromatic rings. The summed E-state index contributed by atoms with van der Waals surface area (Å²) in [6.45, 7) is 8.18. The molecule has 2 amide bonds. The molecule has 4 heteroatoms. The van der Waals surface area contributed by atoms with Crippen molar-refractivity contribution >= 4 is 11.8 Å². The van der Waals surface area contributed by atoms with E-state index in [1.807, 2.05) is 14.1 Å². The third-order valence-electron chi connectivity index (χ3n) is 5.70. The first-order valence-electron chi connectivity index (χ1n) is 9.66. The minimum atomic E-state index is 0.0670. The molecule has 1 unspecified atom stereocenters. The maximum atomic E-state index is 12.4. The molecule has 1 heterocycles. The van der Waals surface area contributed by atoms with Gasteiger partial charge in [0.25, 0.3) is 0 Å². The van der Waals surface area contributed by atoms with E-state index >= 15 is 0 Å². The van der Waals surface area contributed by atoms with E-state index in [0.29, 0.717) is 30.1 Å². The van der Waals surface area contributed by atoms with Crippen LogP contribution in [0.15, 0.2) is 0 Å². The van der Waals surface area contributed by atoms with Gasteiger partial charge in [-0.3, -0.25) is 9.59 Å². The van der Waals surface area contributed by atoms with Crippen molar-refractivity contribution in [1.29, 1.82) is 0 Å². The number of piperidine rings is 1. The van der Waals surface area contributed by atoms with Crippen molar-refractivity contribution in [2.24, 2.45) is 23.2 Å². The van der Waals surface area contributed by atoms with E-state index < -0.39 is 0 Å². The van der Waals surface area contributed by atoms with Crippen LogP contribution >= 0.6 is 0 Å². The van der Waals surface area contributed by atoms with Crippen LogP contribution in [0.5, 0.6) is 0 Å². The fourth-order valence-corrected chi connectivity index (χ4v) is 4.39. The topological polar surface area (TPSA) is 40.6 Å². The molecular weight excluding hydrogens is 300 g/mol. The van der Waals surface area contributed by atoms with Crippen LogP contribution in [0.1, 0.15) is 65.7 Å². The molecular formula is C20H36N2O2. The van der Waals surface area contributed by atoms with Gasteiger partial charge in [-0.25, -0.2) is 0 Å². The SMILES string of the molecule is CN(C)C(=O)[C@@H]1CCCC1CC1CCN(C(=O)CC(C)(C)C)CC1. The predicted molar refractivity (Wildman–Crippen MR) is 97.5 cm³/mol. The number of amides is 2. The third kappa shape index (κ3) is 5.22. The lowest BCUT2D eigenvalue weighted by Gasteiger charge is -2.35. The molecule has 1 saturated heterocycles. The molecule has 138 valence electrons. The van der Waals surface area contributed by atoms with Crippen LogP contribution in [0.4, 0.5) is 0 Å². The highest BCUT2D eigenvalue weighted by atomic mass is 16.2. The van der Waals surface area contributed by atoms with Gasteiger partial charge in [0.1, 0.15) is 0 Å². The number of carbonyl (C=O) groups is 2. The molecule has 1 aliphatic heterocycles. The largest absolute Gasteiger partial charge is 0.349 e. The molecule has 0 spiro atoms. The average molecular weight is 337 g/mol.